The first kappa shape index (κ1) is 13.0. The third kappa shape index (κ3) is 1.49. The van der Waals surface area contributed by atoms with Gasteiger partial charge in [-0.05, 0) is 18.4 Å². The van der Waals surface area contributed by atoms with Crippen LogP contribution in [-0.4, -0.2) is 23.5 Å². The monoisotopic (exact) mass is 305 g/mol. The molecule has 3 aliphatic heterocycles. The average Bonchev–Trinajstić information content (AvgIpc) is 3.16. The fourth-order valence-corrected chi connectivity index (χ4v) is 4.29. The summed E-state index contributed by atoms with van der Waals surface area (Å²) in [6.45, 7) is 1.89. The summed E-state index contributed by atoms with van der Waals surface area (Å²) in [5, 5.41) is 1.94. The summed E-state index contributed by atoms with van der Waals surface area (Å²) in [5.41, 5.74) is 0.0250. The van der Waals surface area contributed by atoms with Crippen molar-refractivity contribution in [3.05, 3.63) is 54.6 Å². The van der Waals surface area contributed by atoms with Crippen molar-refractivity contribution in [3.63, 3.8) is 0 Å². The quantitative estimate of drug-likeness (QED) is 0.601. The molecule has 2 aromatic carbocycles. The summed E-state index contributed by atoms with van der Waals surface area (Å²) < 4.78 is 5.86. The number of hydrogen-bond donors (Lipinski definition) is 0. The van der Waals surface area contributed by atoms with Crippen LogP contribution in [0.3, 0.4) is 0 Å². The second-order valence-electron chi connectivity index (χ2n) is 6.64. The standard InChI is InChI=1S/C19H15NO3/c1-19-10-9-14(23-19)15-16(19)18(22)20(17(15)21)13-8-4-6-11-5-2-3-7-12(11)13/h2-10,14-16H,1H3/t14-,15-,16-,19-/m1/s1. The third-order valence-corrected chi connectivity index (χ3v) is 5.34. The molecular weight excluding hydrogens is 290 g/mol. The number of hydrogen-bond acceptors (Lipinski definition) is 3. The Labute approximate surface area is 133 Å². The van der Waals surface area contributed by atoms with E-state index in [1.807, 2.05) is 61.5 Å². The third-order valence-electron chi connectivity index (χ3n) is 5.34. The van der Waals surface area contributed by atoms with Gasteiger partial charge in [-0.2, -0.15) is 0 Å². The van der Waals surface area contributed by atoms with Crippen LogP contribution in [0.5, 0.6) is 0 Å². The predicted molar refractivity (Wildman–Crippen MR) is 85.8 cm³/mol. The smallest absolute Gasteiger partial charge is 0.241 e. The van der Waals surface area contributed by atoms with E-state index in [9.17, 15) is 9.59 Å². The topological polar surface area (TPSA) is 46.6 Å². The Hall–Kier alpha value is -2.46. The predicted octanol–water partition coefficient (Wildman–Crippen LogP) is 2.67. The zero-order valence-corrected chi connectivity index (χ0v) is 12.6. The molecule has 3 heterocycles. The molecule has 4 nitrogen and oxygen atoms in total. The highest BCUT2D eigenvalue weighted by Crippen LogP contribution is 2.52. The Morgan fingerprint density at radius 3 is 2.65 bits per heavy atom. The Morgan fingerprint density at radius 2 is 1.83 bits per heavy atom. The number of rotatable bonds is 1. The Kier molecular flexibility index (Phi) is 2.31. The molecular formula is C19H15NO3. The minimum atomic E-state index is -0.651. The molecule has 0 aromatic heterocycles. The zero-order valence-electron chi connectivity index (χ0n) is 12.6. The maximum absolute atomic E-state index is 13.0. The molecule has 2 aromatic rings. The summed E-state index contributed by atoms with van der Waals surface area (Å²) in [6.07, 6.45) is 3.57. The van der Waals surface area contributed by atoms with Crippen LogP contribution >= 0.6 is 0 Å². The molecule has 4 heteroatoms. The Morgan fingerprint density at radius 1 is 1.04 bits per heavy atom. The van der Waals surface area contributed by atoms with Gasteiger partial charge in [0, 0.05) is 5.39 Å². The van der Waals surface area contributed by atoms with E-state index in [1.54, 1.807) is 0 Å². The van der Waals surface area contributed by atoms with Gasteiger partial charge in [-0.1, -0.05) is 48.6 Å². The molecule has 2 saturated heterocycles. The van der Waals surface area contributed by atoms with Crippen LogP contribution in [0, 0.1) is 11.8 Å². The van der Waals surface area contributed by atoms with Crippen molar-refractivity contribution in [2.24, 2.45) is 11.8 Å². The van der Waals surface area contributed by atoms with Crippen LogP contribution < -0.4 is 4.90 Å². The normalized spacial score (nSPS) is 34.7. The van der Waals surface area contributed by atoms with Gasteiger partial charge in [0.15, 0.2) is 0 Å². The van der Waals surface area contributed by atoms with Crippen molar-refractivity contribution in [2.75, 3.05) is 4.90 Å². The first-order valence-corrected chi connectivity index (χ1v) is 7.83. The number of fused-ring (bicyclic) bond motifs is 6. The summed E-state index contributed by atoms with van der Waals surface area (Å²) in [6, 6.07) is 13.5. The number of carbonyl (C=O) groups excluding carboxylic acids is 2. The van der Waals surface area contributed by atoms with Crippen LogP contribution in [-0.2, 0) is 14.3 Å². The zero-order chi connectivity index (χ0) is 15.8. The molecule has 0 spiro atoms. The lowest BCUT2D eigenvalue weighted by Gasteiger charge is -2.24. The fraction of sp³-hybridized carbons (Fsp3) is 0.263. The number of nitrogens with zero attached hydrogens (tertiary/aromatic N) is 1. The van der Waals surface area contributed by atoms with Crippen molar-refractivity contribution in [2.45, 2.75) is 18.6 Å². The van der Waals surface area contributed by atoms with Gasteiger partial charge in [-0.15, -0.1) is 0 Å². The van der Waals surface area contributed by atoms with Gasteiger partial charge in [-0.25, -0.2) is 4.90 Å². The van der Waals surface area contributed by atoms with Crippen molar-refractivity contribution < 1.29 is 14.3 Å². The highest BCUT2D eigenvalue weighted by atomic mass is 16.5. The largest absolute Gasteiger partial charge is 0.362 e. The van der Waals surface area contributed by atoms with E-state index in [0.717, 1.165) is 10.8 Å². The molecule has 2 amide bonds. The summed E-state index contributed by atoms with van der Waals surface area (Å²) in [7, 11) is 0. The summed E-state index contributed by atoms with van der Waals surface area (Å²) in [5.74, 6) is -1.10. The number of imide groups is 1. The van der Waals surface area contributed by atoms with Crippen molar-refractivity contribution in [1.29, 1.82) is 0 Å². The van der Waals surface area contributed by atoms with Gasteiger partial charge in [0.1, 0.15) is 0 Å². The first-order chi connectivity index (χ1) is 11.1. The minimum Gasteiger partial charge on any atom is -0.362 e. The lowest BCUT2D eigenvalue weighted by molar-refractivity contribution is -0.126. The van der Waals surface area contributed by atoms with E-state index in [2.05, 4.69) is 0 Å². The number of ether oxygens (including phenoxy) is 1. The van der Waals surface area contributed by atoms with Crippen molar-refractivity contribution in [1.82, 2.24) is 0 Å². The SMILES string of the molecule is C[C@]12C=C[C@@H](O1)[C@H]1C(=O)N(c3cccc4ccccc34)C(=O)[C@@H]12. The number of amides is 2. The van der Waals surface area contributed by atoms with Crippen LogP contribution in [0.1, 0.15) is 6.92 Å². The highest BCUT2D eigenvalue weighted by Gasteiger charge is 2.66. The maximum Gasteiger partial charge on any atom is 0.241 e. The van der Waals surface area contributed by atoms with Gasteiger partial charge in [0.2, 0.25) is 11.8 Å². The number of benzene rings is 2. The molecule has 0 radical (unpaired) electrons. The second-order valence-corrected chi connectivity index (χ2v) is 6.64. The lowest BCUT2D eigenvalue weighted by atomic mass is 9.78. The van der Waals surface area contributed by atoms with Gasteiger partial charge in [0.05, 0.1) is 29.2 Å². The molecule has 0 unspecified atom stereocenters. The van der Waals surface area contributed by atoms with Crippen LogP contribution in [0.25, 0.3) is 10.8 Å². The number of carbonyl (C=O) groups is 2. The Bertz CT molecular complexity index is 897. The molecule has 0 N–H and O–H groups in total. The van der Waals surface area contributed by atoms with Gasteiger partial charge in [-0.3, -0.25) is 9.59 Å². The molecule has 2 fully saturated rings. The molecule has 5 rings (SSSR count). The maximum atomic E-state index is 13.0. The lowest BCUT2D eigenvalue weighted by Crippen LogP contribution is -2.38. The Balaban J connectivity index is 1.68. The molecule has 114 valence electrons. The molecule has 0 saturated carbocycles. The molecule has 0 aliphatic carbocycles. The molecule has 3 aliphatic rings. The summed E-state index contributed by atoms with van der Waals surface area (Å²) >= 11 is 0. The van der Waals surface area contributed by atoms with Crippen molar-refractivity contribution >= 4 is 28.3 Å². The minimum absolute atomic E-state index is 0.144. The molecule has 4 atom stereocenters. The van der Waals surface area contributed by atoms with Gasteiger partial charge >= 0.3 is 0 Å². The van der Waals surface area contributed by atoms with E-state index >= 15 is 0 Å². The summed E-state index contributed by atoms with van der Waals surface area (Å²) in [4.78, 5) is 27.4. The fourth-order valence-electron chi connectivity index (χ4n) is 4.29. The van der Waals surface area contributed by atoms with E-state index in [1.165, 1.54) is 4.90 Å². The van der Waals surface area contributed by atoms with E-state index < -0.39 is 17.4 Å². The van der Waals surface area contributed by atoms with Gasteiger partial charge in [0.25, 0.3) is 0 Å². The number of anilines is 1. The van der Waals surface area contributed by atoms with E-state index in [4.69, 9.17) is 4.74 Å². The molecule has 2 bridgehead atoms. The van der Waals surface area contributed by atoms with Crippen LogP contribution in [0.15, 0.2) is 54.6 Å². The van der Waals surface area contributed by atoms with Crippen LogP contribution in [0.4, 0.5) is 5.69 Å². The van der Waals surface area contributed by atoms with E-state index in [-0.39, 0.29) is 17.9 Å². The average molecular weight is 305 g/mol. The highest BCUT2D eigenvalue weighted by molar-refractivity contribution is 6.26. The van der Waals surface area contributed by atoms with E-state index in [0.29, 0.717) is 5.69 Å². The van der Waals surface area contributed by atoms with Gasteiger partial charge < -0.3 is 4.74 Å². The van der Waals surface area contributed by atoms with Crippen LogP contribution in [0.2, 0.25) is 0 Å². The molecule has 23 heavy (non-hydrogen) atoms. The first-order valence-electron chi connectivity index (χ1n) is 7.83. The second kappa shape index (κ2) is 4.09. The van der Waals surface area contributed by atoms with Crippen molar-refractivity contribution in [3.8, 4) is 0 Å².